The van der Waals surface area contributed by atoms with Crippen LogP contribution in [0.15, 0.2) is 30.3 Å². The quantitative estimate of drug-likeness (QED) is 0.809. The molecule has 0 spiro atoms. The Bertz CT molecular complexity index is 291. The van der Waals surface area contributed by atoms with Crippen LogP contribution in [0, 0.1) is 5.92 Å². The average Bonchev–Trinajstić information content (AvgIpc) is 2.29. The van der Waals surface area contributed by atoms with Crippen LogP contribution in [-0.4, -0.2) is 20.3 Å². The first kappa shape index (κ1) is 12.1. The van der Waals surface area contributed by atoms with Gasteiger partial charge in [0.2, 0.25) is 0 Å². The third-order valence-corrected chi connectivity index (χ3v) is 2.75. The smallest absolute Gasteiger partial charge is 0.152 e. The molecule has 1 aromatic rings. The number of hydrogen-bond acceptors (Lipinski definition) is 2. The molecule has 2 atom stereocenters. The van der Waals surface area contributed by atoms with Crippen molar-refractivity contribution in [3.8, 4) is 0 Å². The van der Waals surface area contributed by atoms with Crippen LogP contribution in [0.4, 0.5) is 4.39 Å². The molecule has 1 rings (SSSR count). The van der Waals surface area contributed by atoms with Crippen LogP contribution in [0.5, 0.6) is 0 Å². The average molecular weight is 211 g/mol. The normalized spacial score (nSPS) is 17.1. The highest BCUT2D eigenvalue weighted by Gasteiger charge is 2.36. The third kappa shape index (κ3) is 2.55. The van der Waals surface area contributed by atoms with E-state index in [-0.39, 0.29) is 12.5 Å². The molecule has 1 aromatic carbocycles. The Balaban J connectivity index is 2.94. The van der Waals surface area contributed by atoms with Gasteiger partial charge in [-0.1, -0.05) is 37.3 Å². The number of methoxy groups -OCH3 is 1. The molecule has 0 fully saturated rings. The highest BCUT2D eigenvalue weighted by atomic mass is 19.1. The molecule has 0 aliphatic heterocycles. The zero-order chi connectivity index (χ0) is 11.3. The van der Waals surface area contributed by atoms with Crippen molar-refractivity contribution in [2.75, 3.05) is 20.3 Å². The zero-order valence-corrected chi connectivity index (χ0v) is 9.24. The van der Waals surface area contributed by atoms with Gasteiger partial charge in [-0.2, -0.15) is 0 Å². The van der Waals surface area contributed by atoms with E-state index in [0.717, 1.165) is 0 Å². The molecule has 2 nitrogen and oxygen atoms in total. The van der Waals surface area contributed by atoms with Crippen molar-refractivity contribution in [3.05, 3.63) is 35.9 Å². The summed E-state index contributed by atoms with van der Waals surface area (Å²) in [6.07, 6.45) is 0. The van der Waals surface area contributed by atoms with Crippen molar-refractivity contribution in [1.82, 2.24) is 0 Å². The van der Waals surface area contributed by atoms with Gasteiger partial charge in [0, 0.05) is 19.6 Å². The summed E-state index contributed by atoms with van der Waals surface area (Å²) in [4.78, 5) is 0. The van der Waals surface area contributed by atoms with Crippen LogP contribution in [0.3, 0.4) is 0 Å². The van der Waals surface area contributed by atoms with Gasteiger partial charge in [0.05, 0.1) is 6.61 Å². The van der Waals surface area contributed by atoms with Crippen LogP contribution in [0.1, 0.15) is 12.5 Å². The van der Waals surface area contributed by atoms with Gasteiger partial charge in [-0.25, -0.2) is 4.39 Å². The molecular weight excluding hydrogens is 193 g/mol. The first-order valence-electron chi connectivity index (χ1n) is 5.08. The fraction of sp³-hybridized carbons (Fsp3) is 0.500. The number of ether oxygens (including phenoxy) is 1. The van der Waals surface area contributed by atoms with Crippen LogP contribution >= 0.6 is 0 Å². The molecule has 84 valence electrons. The van der Waals surface area contributed by atoms with Crippen molar-refractivity contribution in [1.29, 1.82) is 0 Å². The summed E-state index contributed by atoms with van der Waals surface area (Å²) in [5, 5.41) is 0. The highest BCUT2D eigenvalue weighted by molar-refractivity contribution is 5.23. The van der Waals surface area contributed by atoms with Gasteiger partial charge >= 0.3 is 0 Å². The predicted molar refractivity (Wildman–Crippen MR) is 59.3 cm³/mol. The van der Waals surface area contributed by atoms with E-state index >= 15 is 0 Å². The molecule has 2 unspecified atom stereocenters. The molecule has 0 aliphatic carbocycles. The van der Waals surface area contributed by atoms with Crippen molar-refractivity contribution in [2.24, 2.45) is 11.7 Å². The van der Waals surface area contributed by atoms with Gasteiger partial charge in [0.15, 0.2) is 5.67 Å². The lowest BCUT2D eigenvalue weighted by atomic mass is 9.84. The summed E-state index contributed by atoms with van der Waals surface area (Å²) >= 11 is 0. The Morgan fingerprint density at radius 2 is 2.00 bits per heavy atom. The lowest BCUT2D eigenvalue weighted by Gasteiger charge is -2.30. The lowest BCUT2D eigenvalue weighted by Crippen LogP contribution is -2.38. The third-order valence-electron chi connectivity index (χ3n) is 2.75. The molecule has 0 amide bonds. The SMILES string of the molecule is COCC(C)C(F)(CN)c1ccccc1. The second-order valence-electron chi connectivity index (χ2n) is 3.79. The molecule has 0 bridgehead atoms. The minimum Gasteiger partial charge on any atom is -0.384 e. The molecule has 2 N–H and O–H groups in total. The number of benzene rings is 1. The van der Waals surface area contributed by atoms with Crippen LogP contribution in [0.25, 0.3) is 0 Å². The zero-order valence-electron chi connectivity index (χ0n) is 9.24. The first-order chi connectivity index (χ1) is 7.15. The van der Waals surface area contributed by atoms with E-state index in [1.165, 1.54) is 0 Å². The van der Waals surface area contributed by atoms with E-state index in [4.69, 9.17) is 10.5 Å². The van der Waals surface area contributed by atoms with Gasteiger partial charge in [0.1, 0.15) is 0 Å². The number of halogens is 1. The number of rotatable bonds is 5. The van der Waals surface area contributed by atoms with Gasteiger partial charge in [-0.3, -0.25) is 0 Å². The molecule has 0 heterocycles. The molecular formula is C12H18FNO. The van der Waals surface area contributed by atoms with E-state index in [0.29, 0.717) is 12.2 Å². The van der Waals surface area contributed by atoms with Crippen molar-refractivity contribution in [2.45, 2.75) is 12.6 Å². The molecule has 0 saturated heterocycles. The maximum atomic E-state index is 14.6. The van der Waals surface area contributed by atoms with E-state index in [2.05, 4.69) is 0 Å². The van der Waals surface area contributed by atoms with Gasteiger partial charge in [-0.05, 0) is 5.56 Å². The molecule has 0 radical (unpaired) electrons. The van der Waals surface area contributed by atoms with Gasteiger partial charge < -0.3 is 10.5 Å². The first-order valence-corrected chi connectivity index (χ1v) is 5.08. The molecule has 15 heavy (non-hydrogen) atoms. The van der Waals surface area contributed by atoms with Crippen molar-refractivity contribution >= 4 is 0 Å². The largest absolute Gasteiger partial charge is 0.384 e. The maximum absolute atomic E-state index is 14.6. The maximum Gasteiger partial charge on any atom is 0.152 e. The summed E-state index contributed by atoms with van der Waals surface area (Å²) in [5.74, 6) is -0.255. The fourth-order valence-electron chi connectivity index (χ4n) is 1.70. The van der Waals surface area contributed by atoms with Crippen LogP contribution in [0.2, 0.25) is 0 Å². The van der Waals surface area contributed by atoms with Gasteiger partial charge in [-0.15, -0.1) is 0 Å². The topological polar surface area (TPSA) is 35.2 Å². The van der Waals surface area contributed by atoms with Crippen molar-refractivity contribution < 1.29 is 9.13 Å². The number of nitrogens with two attached hydrogens (primary N) is 1. The molecule has 0 aromatic heterocycles. The van der Waals surface area contributed by atoms with E-state index in [9.17, 15) is 4.39 Å². The van der Waals surface area contributed by atoms with E-state index < -0.39 is 5.67 Å². The Morgan fingerprint density at radius 1 is 1.40 bits per heavy atom. The minimum absolute atomic E-state index is 0.0263. The lowest BCUT2D eigenvalue weighted by molar-refractivity contribution is 0.0366. The monoisotopic (exact) mass is 211 g/mol. The summed E-state index contributed by atoms with van der Waals surface area (Å²) in [6.45, 7) is 2.15. The molecule has 3 heteroatoms. The van der Waals surface area contributed by atoms with Gasteiger partial charge in [0.25, 0.3) is 0 Å². The minimum atomic E-state index is -1.50. The van der Waals surface area contributed by atoms with Crippen LogP contribution < -0.4 is 5.73 Å². The second-order valence-corrected chi connectivity index (χ2v) is 3.79. The number of hydrogen-bond donors (Lipinski definition) is 1. The Kier molecular flexibility index (Phi) is 4.24. The second kappa shape index (κ2) is 5.24. The molecule has 0 aliphatic rings. The van der Waals surface area contributed by atoms with E-state index in [1.54, 1.807) is 19.2 Å². The summed E-state index contributed by atoms with van der Waals surface area (Å²) in [5.41, 5.74) is 4.66. The summed E-state index contributed by atoms with van der Waals surface area (Å²) in [6, 6.07) is 9.02. The predicted octanol–water partition coefficient (Wildman–Crippen LogP) is 2.09. The number of alkyl halides is 1. The van der Waals surface area contributed by atoms with Crippen molar-refractivity contribution in [3.63, 3.8) is 0 Å². The Hall–Kier alpha value is -0.930. The Labute approximate surface area is 90.2 Å². The summed E-state index contributed by atoms with van der Waals surface area (Å²) in [7, 11) is 1.57. The Morgan fingerprint density at radius 3 is 2.47 bits per heavy atom. The standard InChI is InChI=1S/C12H18FNO/c1-10(8-15-2)12(13,9-14)11-6-4-3-5-7-11/h3-7,10H,8-9,14H2,1-2H3. The fourth-order valence-corrected chi connectivity index (χ4v) is 1.70. The van der Waals surface area contributed by atoms with Crippen LogP contribution in [-0.2, 0) is 10.4 Å². The van der Waals surface area contributed by atoms with E-state index in [1.807, 2.05) is 25.1 Å². The highest BCUT2D eigenvalue weighted by Crippen LogP contribution is 2.33. The summed E-state index contributed by atoms with van der Waals surface area (Å²) < 4.78 is 19.6. The molecule has 0 saturated carbocycles.